The Hall–Kier alpha value is -0.730. The lowest BCUT2D eigenvalue weighted by atomic mass is 9.64. The van der Waals surface area contributed by atoms with Crippen LogP contribution in [0.25, 0.3) is 0 Å². The van der Waals surface area contributed by atoms with Crippen LogP contribution >= 0.6 is 23.2 Å². The number of carbonyl (C=O) groups excluding carboxylic acids is 1. The Morgan fingerprint density at radius 2 is 1.80 bits per heavy atom. The average Bonchev–Trinajstić information content (AvgIpc) is 3.08. The van der Waals surface area contributed by atoms with Crippen molar-refractivity contribution in [2.45, 2.75) is 69.2 Å². The highest BCUT2D eigenvalue weighted by atomic mass is 35.5. The molecular weight excluding hydrogens is 355 g/mol. The molecule has 2 nitrogen and oxygen atoms in total. The van der Waals surface area contributed by atoms with Crippen molar-refractivity contribution in [2.24, 2.45) is 17.3 Å². The van der Waals surface area contributed by atoms with Crippen LogP contribution in [0, 0.1) is 17.3 Å². The van der Waals surface area contributed by atoms with Gasteiger partial charge in [-0.2, -0.15) is 0 Å². The Bertz CT molecular complexity index is 641. The highest BCUT2D eigenvalue weighted by Gasteiger charge is 2.69. The second-order valence-corrected chi connectivity index (χ2v) is 10.3. The zero-order chi connectivity index (χ0) is 18.5. The van der Waals surface area contributed by atoms with Gasteiger partial charge in [-0.15, -0.1) is 23.2 Å². The van der Waals surface area contributed by atoms with E-state index in [0.717, 1.165) is 12.8 Å². The Morgan fingerprint density at radius 1 is 1.20 bits per heavy atom. The van der Waals surface area contributed by atoms with Crippen LogP contribution in [-0.4, -0.2) is 16.4 Å². The van der Waals surface area contributed by atoms with Crippen molar-refractivity contribution in [3.63, 3.8) is 0 Å². The lowest BCUT2D eigenvalue weighted by molar-refractivity contribution is -0.162. The molecule has 2 aliphatic rings. The third kappa shape index (κ3) is 3.45. The molecule has 0 heterocycles. The summed E-state index contributed by atoms with van der Waals surface area (Å²) in [6.07, 6.45) is 3.51. The van der Waals surface area contributed by atoms with Crippen LogP contribution in [-0.2, 0) is 14.9 Å². The van der Waals surface area contributed by atoms with Gasteiger partial charge < -0.3 is 4.74 Å². The number of hydrogen-bond acceptors (Lipinski definition) is 2. The maximum Gasteiger partial charge on any atom is 0.315 e. The molecule has 0 spiro atoms. The molecule has 0 unspecified atom stereocenters. The number of carbonyl (C=O) groups is 1. The number of ether oxygens (including phenoxy) is 1. The zero-order valence-electron chi connectivity index (χ0n) is 15.5. The van der Waals surface area contributed by atoms with Crippen LogP contribution in [0.2, 0.25) is 0 Å². The minimum absolute atomic E-state index is 0.0597. The van der Waals surface area contributed by atoms with E-state index in [-0.39, 0.29) is 23.4 Å². The summed E-state index contributed by atoms with van der Waals surface area (Å²) < 4.78 is 5.06. The molecule has 0 aliphatic heterocycles. The summed E-state index contributed by atoms with van der Waals surface area (Å²) in [5, 5.41) is 0. The van der Waals surface area contributed by atoms with Gasteiger partial charge in [0.2, 0.25) is 0 Å². The molecule has 25 heavy (non-hydrogen) atoms. The van der Waals surface area contributed by atoms with Gasteiger partial charge in [0.15, 0.2) is 0 Å². The van der Waals surface area contributed by atoms with Crippen molar-refractivity contribution in [2.75, 3.05) is 0 Å². The predicted molar refractivity (Wildman–Crippen MR) is 103 cm³/mol. The number of hydrogen-bond donors (Lipinski definition) is 0. The van der Waals surface area contributed by atoms with Crippen molar-refractivity contribution in [3.05, 3.63) is 35.9 Å². The van der Waals surface area contributed by atoms with Gasteiger partial charge in [0.25, 0.3) is 0 Å². The monoisotopic (exact) mass is 382 g/mol. The highest BCUT2D eigenvalue weighted by Crippen LogP contribution is 2.64. The molecule has 4 atom stereocenters. The third-order valence-electron chi connectivity index (χ3n) is 6.47. The fourth-order valence-electron chi connectivity index (χ4n) is 4.26. The van der Waals surface area contributed by atoms with Crippen molar-refractivity contribution in [3.8, 4) is 0 Å². The van der Waals surface area contributed by atoms with Crippen LogP contribution < -0.4 is 0 Å². The maximum atomic E-state index is 12.7. The molecule has 4 heteroatoms. The minimum atomic E-state index is -0.977. The van der Waals surface area contributed by atoms with Gasteiger partial charge in [-0.1, -0.05) is 57.5 Å². The number of rotatable bonds is 4. The second-order valence-electron chi connectivity index (χ2n) is 8.77. The number of halogens is 2. The lowest BCUT2D eigenvalue weighted by Gasteiger charge is -2.44. The fraction of sp³-hybridized carbons (Fsp3) is 0.667. The predicted octanol–water partition coefficient (Wildman–Crippen LogP) is 5.90. The van der Waals surface area contributed by atoms with Crippen molar-refractivity contribution in [1.82, 2.24) is 0 Å². The molecule has 2 fully saturated rings. The molecule has 0 amide bonds. The molecule has 138 valence electrons. The number of benzene rings is 1. The normalized spacial score (nSPS) is 34.4. The van der Waals surface area contributed by atoms with E-state index in [0.29, 0.717) is 12.3 Å². The maximum absolute atomic E-state index is 12.7. The van der Waals surface area contributed by atoms with Crippen molar-refractivity contribution < 1.29 is 9.53 Å². The van der Waals surface area contributed by atoms with E-state index in [1.54, 1.807) is 6.92 Å². The van der Waals surface area contributed by atoms with Crippen LogP contribution in [0.1, 0.15) is 58.9 Å². The van der Waals surface area contributed by atoms with E-state index in [9.17, 15) is 4.79 Å². The van der Waals surface area contributed by atoms with Crippen LogP contribution in [0.4, 0.5) is 0 Å². The average molecular weight is 383 g/mol. The molecule has 0 radical (unpaired) electrons. The summed E-state index contributed by atoms with van der Waals surface area (Å²) in [4.78, 5) is 12.7. The molecule has 2 saturated carbocycles. The second kappa shape index (κ2) is 6.46. The van der Waals surface area contributed by atoms with E-state index >= 15 is 0 Å². The molecule has 3 rings (SSSR count). The SMILES string of the molecule is C[C@@H]1CC[C@@H](C(C)(C)c2ccccc2)[C@H](OC(=O)[C@]2(C)CC2(Cl)Cl)C1. The Kier molecular flexibility index (Phi) is 4.92. The zero-order valence-corrected chi connectivity index (χ0v) is 17.0. The molecule has 0 aromatic heterocycles. The van der Waals surface area contributed by atoms with Gasteiger partial charge in [0, 0.05) is 12.3 Å². The van der Waals surface area contributed by atoms with E-state index in [1.165, 1.54) is 12.0 Å². The molecule has 0 N–H and O–H groups in total. The molecule has 0 saturated heterocycles. The minimum Gasteiger partial charge on any atom is -0.462 e. The first kappa shape index (κ1) is 19.0. The lowest BCUT2D eigenvalue weighted by Crippen LogP contribution is -2.44. The Morgan fingerprint density at radius 3 is 2.36 bits per heavy atom. The van der Waals surface area contributed by atoms with Gasteiger partial charge in [-0.05, 0) is 36.7 Å². The molecular formula is C21H28Cl2O2. The fourth-order valence-corrected chi connectivity index (χ4v) is 4.94. The van der Waals surface area contributed by atoms with Crippen LogP contribution in [0.15, 0.2) is 30.3 Å². The smallest absolute Gasteiger partial charge is 0.315 e. The summed E-state index contributed by atoms with van der Waals surface area (Å²) in [7, 11) is 0. The van der Waals surface area contributed by atoms with Gasteiger partial charge in [-0.25, -0.2) is 0 Å². The molecule has 1 aromatic rings. The first-order valence-corrected chi connectivity index (χ1v) is 9.98. The third-order valence-corrected chi connectivity index (χ3v) is 7.57. The first-order valence-electron chi connectivity index (χ1n) is 9.22. The topological polar surface area (TPSA) is 26.3 Å². The summed E-state index contributed by atoms with van der Waals surface area (Å²) in [5.41, 5.74) is 0.464. The van der Waals surface area contributed by atoms with E-state index in [1.807, 2.05) is 6.07 Å². The highest BCUT2D eigenvalue weighted by molar-refractivity contribution is 6.53. The van der Waals surface area contributed by atoms with Gasteiger partial charge in [0.1, 0.15) is 15.9 Å². The summed E-state index contributed by atoms with van der Waals surface area (Å²) in [6.45, 7) is 8.56. The van der Waals surface area contributed by atoms with Crippen LogP contribution in [0.3, 0.4) is 0 Å². The standard InChI is InChI=1S/C21H28Cl2O2/c1-14-10-11-16(19(2,3)15-8-6-5-7-9-15)17(12-14)25-18(24)20(4)13-21(20,22)23/h5-9,14,16-17H,10-13H2,1-4H3/t14-,16-,17-,20+/m1/s1. The number of esters is 1. The van der Waals surface area contributed by atoms with E-state index < -0.39 is 9.75 Å². The van der Waals surface area contributed by atoms with Crippen molar-refractivity contribution in [1.29, 1.82) is 0 Å². The first-order chi connectivity index (χ1) is 11.6. The van der Waals surface area contributed by atoms with Gasteiger partial charge >= 0.3 is 5.97 Å². The molecule has 2 aliphatic carbocycles. The van der Waals surface area contributed by atoms with Gasteiger partial charge in [0.05, 0.1) is 0 Å². The number of alkyl halides is 2. The quantitative estimate of drug-likeness (QED) is 0.478. The Labute approximate surface area is 161 Å². The Balaban J connectivity index is 1.81. The van der Waals surface area contributed by atoms with E-state index in [2.05, 4.69) is 45.0 Å². The summed E-state index contributed by atoms with van der Waals surface area (Å²) in [6, 6.07) is 10.5. The molecule has 0 bridgehead atoms. The van der Waals surface area contributed by atoms with E-state index in [4.69, 9.17) is 27.9 Å². The molecule has 1 aromatic carbocycles. The summed E-state index contributed by atoms with van der Waals surface area (Å²) in [5.74, 6) is 0.604. The largest absolute Gasteiger partial charge is 0.462 e. The van der Waals surface area contributed by atoms with Gasteiger partial charge in [-0.3, -0.25) is 4.79 Å². The summed E-state index contributed by atoms with van der Waals surface area (Å²) >= 11 is 12.4. The van der Waals surface area contributed by atoms with Crippen LogP contribution in [0.5, 0.6) is 0 Å². The van der Waals surface area contributed by atoms with Crippen molar-refractivity contribution >= 4 is 29.2 Å².